The van der Waals surface area contributed by atoms with Gasteiger partial charge in [0.1, 0.15) is 11.6 Å². The summed E-state index contributed by atoms with van der Waals surface area (Å²) in [6.45, 7) is 6.87. The number of hydrogen-bond acceptors (Lipinski definition) is 3. The van der Waals surface area contributed by atoms with Crippen molar-refractivity contribution in [3.05, 3.63) is 59.9 Å². The first-order valence-corrected chi connectivity index (χ1v) is 14.6. The molecule has 1 saturated carbocycles. The fraction of sp³-hybridized carbons (Fsp3) is 0.562. The van der Waals surface area contributed by atoms with E-state index in [0.717, 1.165) is 81.5 Å². The first-order chi connectivity index (χ1) is 18.2. The summed E-state index contributed by atoms with van der Waals surface area (Å²) in [6.07, 6.45) is 12.1. The number of carbonyl (C=O) groups excluding carboxylic acids is 1. The Morgan fingerprint density at radius 1 is 1.03 bits per heavy atom. The Morgan fingerprint density at radius 3 is 2.59 bits per heavy atom. The van der Waals surface area contributed by atoms with Gasteiger partial charge in [-0.25, -0.2) is 4.98 Å². The molecule has 2 aromatic carbocycles. The number of para-hydroxylation sites is 2. The van der Waals surface area contributed by atoms with Crippen molar-refractivity contribution in [3.8, 4) is 5.75 Å². The predicted molar refractivity (Wildman–Crippen MR) is 152 cm³/mol. The molecule has 0 saturated heterocycles. The van der Waals surface area contributed by atoms with Gasteiger partial charge >= 0.3 is 0 Å². The molecule has 0 spiro atoms. The lowest BCUT2D eigenvalue weighted by Gasteiger charge is -2.20. The van der Waals surface area contributed by atoms with Crippen LogP contribution in [0.3, 0.4) is 0 Å². The molecular formula is C32H45N3O2. The van der Waals surface area contributed by atoms with Gasteiger partial charge in [-0.15, -0.1) is 0 Å². The van der Waals surface area contributed by atoms with Crippen LogP contribution in [-0.2, 0) is 17.8 Å². The number of aromatic nitrogens is 2. The van der Waals surface area contributed by atoms with Gasteiger partial charge in [-0.3, -0.25) is 4.79 Å². The third kappa shape index (κ3) is 7.83. The SMILES string of the molecule is CC[C@@H](C)c1ccc(OCCCn2c(CCCCCNC(=O)C3CCCCC3)nc3ccccc32)cc1. The predicted octanol–water partition coefficient (Wildman–Crippen LogP) is 7.43. The molecule has 1 fully saturated rings. The van der Waals surface area contributed by atoms with Crippen LogP contribution in [0.15, 0.2) is 48.5 Å². The molecule has 1 amide bonds. The Hall–Kier alpha value is -2.82. The molecule has 5 nitrogen and oxygen atoms in total. The molecule has 0 aliphatic heterocycles. The van der Waals surface area contributed by atoms with E-state index in [4.69, 9.17) is 9.72 Å². The molecule has 1 N–H and O–H groups in total. The molecule has 1 aliphatic rings. The summed E-state index contributed by atoms with van der Waals surface area (Å²) in [5.74, 6) is 3.21. The maximum Gasteiger partial charge on any atom is 0.223 e. The maximum atomic E-state index is 12.3. The molecule has 3 aromatic rings. The number of ether oxygens (including phenoxy) is 1. The molecule has 1 heterocycles. The van der Waals surface area contributed by atoms with Gasteiger partial charge in [-0.2, -0.15) is 0 Å². The summed E-state index contributed by atoms with van der Waals surface area (Å²) in [4.78, 5) is 17.3. The average molecular weight is 504 g/mol. The zero-order chi connectivity index (χ0) is 25.9. The zero-order valence-corrected chi connectivity index (χ0v) is 22.9. The molecule has 1 atom stereocenters. The standard InChI is InChI=1S/C32H45N3O2/c1-3-25(2)26-18-20-28(21-19-26)37-24-12-23-35-30-16-10-9-15-29(30)34-31(35)17-8-5-11-22-33-32(36)27-13-6-4-7-14-27/h9-10,15-16,18-21,25,27H,3-8,11-14,17,22-24H2,1-2H3,(H,33,36)/t25-/m1/s1. The minimum atomic E-state index is 0.252. The highest BCUT2D eigenvalue weighted by atomic mass is 16.5. The van der Waals surface area contributed by atoms with E-state index in [2.05, 4.69) is 72.3 Å². The lowest BCUT2D eigenvalue weighted by atomic mass is 9.89. The topological polar surface area (TPSA) is 56.1 Å². The van der Waals surface area contributed by atoms with E-state index < -0.39 is 0 Å². The third-order valence-electron chi connectivity index (χ3n) is 7.94. The van der Waals surface area contributed by atoms with Crippen molar-refractivity contribution in [2.75, 3.05) is 13.2 Å². The second kappa shape index (κ2) is 14.2. The Morgan fingerprint density at radius 2 is 1.81 bits per heavy atom. The summed E-state index contributed by atoms with van der Waals surface area (Å²) >= 11 is 0. The van der Waals surface area contributed by atoms with E-state index in [1.165, 1.54) is 30.3 Å². The Kier molecular flexibility index (Phi) is 10.5. The normalized spacial score (nSPS) is 15.1. The number of rotatable bonds is 14. The van der Waals surface area contributed by atoms with E-state index in [9.17, 15) is 4.79 Å². The lowest BCUT2D eigenvalue weighted by molar-refractivity contribution is -0.125. The number of hydrogen-bond donors (Lipinski definition) is 1. The van der Waals surface area contributed by atoms with Crippen molar-refractivity contribution in [1.82, 2.24) is 14.9 Å². The van der Waals surface area contributed by atoms with Crippen molar-refractivity contribution in [2.24, 2.45) is 5.92 Å². The quantitative estimate of drug-likeness (QED) is 0.233. The van der Waals surface area contributed by atoms with E-state index in [1.54, 1.807) is 0 Å². The first kappa shape index (κ1) is 27.2. The van der Waals surface area contributed by atoms with Crippen molar-refractivity contribution in [2.45, 2.75) is 96.9 Å². The van der Waals surface area contributed by atoms with Crippen molar-refractivity contribution in [3.63, 3.8) is 0 Å². The van der Waals surface area contributed by atoms with Gasteiger partial charge in [-0.1, -0.05) is 63.8 Å². The number of nitrogens with one attached hydrogen (secondary N) is 1. The van der Waals surface area contributed by atoms with E-state index in [1.807, 2.05) is 0 Å². The van der Waals surface area contributed by atoms with Gasteiger partial charge in [0.05, 0.1) is 17.6 Å². The fourth-order valence-electron chi connectivity index (χ4n) is 5.41. The summed E-state index contributed by atoms with van der Waals surface area (Å²) < 4.78 is 8.42. The minimum absolute atomic E-state index is 0.252. The molecule has 200 valence electrons. The molecule has 37 heavy (non-hydrogen) atoms. The number of amides is 1. The summed E-state index contributed by atoms with van der Waals surface area (Å²) in [6, 6.07) is 17.0. The van der Waals surface area contributed by atoms with Crippen LogP contribution >= 0.6 is 0 Å². The molecule has 1 aliphatic carbocycles. The van der Waals surface area contributed by atoms with Crippen LogP contribution in [0.4, 0.5) is 0 Å². The number of benzene rings is 2. The van der Waals surface area contributed by atoms with E-state index >= 15 is 0 Å². The summed E-state index contributed by atoms with van der Waals surface area (Å²) in [5.41, 5.74) is 3.64. The van der Waals surface area contributed by atoms with Crippen LogP contribution in [0.5, 0.6) is 5.75 Å². The molecular weight excluding hydrogens is 458 g/mol. The van der Waals surface area contributed by atoms with Gasteiger partial charge in [0, 0.05) is 25.4 Å². The van der Waals surface area contributed by atoms with Crippen LogP contribution in [-0.4, -0.2) is 28.6 Å². The summed E-state index contributed by atoms with van der Waals surface area (Å²) in [7, 11) is 0. The minimum Gasteiger partial charge on any atom is -0.494 e. The molecule has 0 unspecified atom stereocenters. The number of carbonyl (C=O) groups is 1. The highest BCUT2D eigenvalue weighted by Crippen LogP contribution is 2.24. The molecule has 0 bridgehead atoms. The van der Waals surface area contributed by atoms with Gasteiger partial charge in [0.25, 0.3) is 0 Å². The number of imidazole rings is 1. The van der Waals surface area contributed by atoms with Gasteiger partial charge in [0.2, 0.25) is 5.91 Å². The number of nitrogens with zero attached hydrogens (tertiary/aromatic N) is 2. The Balaban J connectivity index is 1.21. The highest BCUT2D eigenvalue weighted by Gasteiger charge is 2.20. The van der Waals surface area contributed by atoms with Crippen LogP contribution < -0.4 is 10.1 Å². The van der Waals surface area contributed by atoms with Crippen molar-refractivity contribution >= 4 is 16.9 Å². The van der Waals surface area contributed by atoms with Crippen molar-refractivity contribution in [1.29, 1.82) is 0 Å². The average Bonchev–Trinajstić information content (AvgIpc) is 3.30. The van der Waals surface area contributed by atoms with Crippen LogP contribution in [0, 0.1) is 5.92 Å². The van der Waals surface area contributed by atoms with Crippen LogP contribution in [0.2, 0.25) is 0 Å². The number of aryl methyl sites for hydroxylation is 2. The van der Waals surface area contributed by atoms with E-state index in [0.29, 0.717) is 12.5 Å². The number of unbranched alkanes of at least 4 members (excludes halogenated alkanes) is 2. The molecule has 4 rings (SSSR count). The van der Waals surface area contributed by atoms with Crippen LogP contribution in [0.25, 0.3) is 11.0 Å². The highest BCUT2D eigenvalue weighted by molar-refractivity contribution is 5.78. The number of fused-ring (bicyclic) bond motifs is 1. The third-order valence-corrected chi connectivity index (χ3v) is 7.94. The monoisotopic (exact) mass is 503 g/mol. The van der Waals surface area contributed by atoms with Gasteiger partial charge < -0.3 is 14.6 Å². The summed E-state index contributed by atoms with van der Waals surface area (Å²) in [5, 5.41) is 3.17. The maximum absolute atomic E-state index is 12.3. The Labute approximate surface area is 223 Å². The fourth-order valence-corrected chi connectivity index (χ4v) is 5.41. The van der Waals surface area contributed by atoms with Crippen molar-refractivity contribution < 1.29 is 9.53 Å². The Bertz CT molecular complexity index is 1100. The zero-order valence-electron chi connectivity index (χ0n) is 22.9. The smallest absolute Gasteiger partial charge is 0.223 e. The molecule has 5 heteroatoms. The second-order valence-corrected chi connectivity index (χ2v) is 10.7. The largest absolute Gasteiger partial charge is 0.494 e. The molecule has 0 radical (unpaired) electrons. The van der Waals surface area contributed by atoms with Gasteiger partial charge in [-0.05, 0) is 74.3 Å². The van der Waals surface area contributed by atoms with Crippen LogP contribution in [0.1, 0.15) is 95.4 Å². The first-order valence-electron chi connectivity index (χ1n) is 14.6. The molecule has 1 aromatic heterocycles. The van der Waals surface area contributed by atoms with E-state index in [-0.39, 0.29) is 11.8 Å². The van der Waals surface area contributed by atoms with Gasteiger partial charge in [0.15, 0.2) is 0 Å². The lowest BCUT2D eigenvalue weighted by Crippen LogP contribution is -2.32. The second-order valence-electron chi connectivity index (χ2n) is 10.7.